The van der Waals surface area contributed by atoms with E-state index in [4.69, 9.17) is 0 Å². The van der Waals surface area contributed by atoms with Crippen molar-refractivity contribution in [3.05, 3.63) is 29.8 Å². The van der Waals surface area contributed by atoms with E-state index in [0.29, 0.717) is 6.04 Å². The molecule has 2 fully saturated rings. The number of benzene rings is 1. The summed E-state index contributed by atoms with van der Waals surface area (Å²) in [5, 5.41) is 3.28. The van der Waals surface area contributed by atoms with E-state index in [1.54, 1.807) is 0 Å². The monoisotopic (exact) mass is 230 g/mol. The van der Waals surface area contributed by atoms with E-state index < -0.39 is 0 Å². The van der Waals surface area contributed by atoms with Crippen LogP contribution in [0.4, 0.5) is 5.69 Å². The van der Waals surface area contributed by atoms with Crippen molar-refractivity contribution >= 4 is 5.69 Å². The molecule has 3 rings (SSSR count). The number of hydrogen-bond donors (Lipinski definition) is 1. The lowest BCUT2D eigenvalue weighted by atomic mass is 9.63. The Morgan fingerprint density at radius 1 is 1.18 bits per heavy atom. The summed E-state index contributed by atoms with van der Waals surface area (Å²) < 4.78 is 0. The first-order chi connectivity index (χ1) is 8.22. The summed E-state index contributed by atoms with van der Waals surface area (Å²) in [5.74, 6) is 0. The molecule has 1 saturated carbocycles. The Bertz CT molecular complexity index is 384. The third-order valence-corrected chi connectivity index (χ3v) is 4.66. The fourth-order valence-corrected chi connectivity index (χ4v) is 3.08. The topological polar surface area (TPSA) is 15.3 Å². The molecule has 1 atom stereocenters. The normalized spacial score (nSPS) is 23.1. The number of anilines is 1. The second-order valence-corrected chi connectivity index (χ2v) is 5.81. The smallest absolute Gasteiger partial charge is 0.0366 e. The third kappa shape index (κ3) is 1.85. The number of hydrogen-bond acceptors (Lipinski definition) is 2. The largest absolute Gasteiger partial charge is 0.370 e. The zero-order chi connectivity index (χ0) is 11.9. The van der Waals surface area contributed by atoms with Gasteiger partial charge in [0.2, 0.25) is 0 Å². The Hall–Kier alpha value is -1.02. The molecule has 1 aliphatic carbocycles. The van der Waals surface area contributed by atoms with Gasteiger partial charge in [-0.25, -0.2) is 0 Å². The average Bonchev–Trinajstić information content (AvgIpc) is 2.25. The second-order valence-electron chi connectivity index (χ2n) is 5.81. The number of nitrogens with zero attached hydrogens (tertiary/aromatic N) is 1. The summed E-state index contributed by atoms with van der Waals surface area (Å²) in [6.45, 7) is 4.77. The molecule has 1 aromatic rings. The van der Waals surface area contributed by atoms with Crippen molar-refractivity contribution in [2.24, 2.45) is 5.41 Å². The molecule has 1 saturated heterocycles. The van der Waals surface area contributed by atoms with Crippen molar-refractivity contribution in [2.45, 2.75) is 32.2 Å². The molecule has 1 aliphatic heterocycles. The Labute approximate surface area is 104 Å². The Kier molecular flexibility index (Phi) is 2.62. The van der Waals surface area contributed by atoms with Gasteiger partial charge < -0.3 is 10.2 Å². The highest BCUT2D eigenvalue weighted by Crippen LogP contribution is 2.49. The van der Waals surface area contributed by atoms with Gasteiger partial charge in [-0.05, 0) is 44.5 Å². The van der Waals surface area contributed by atoms with Crippen LogP contribution in [0, 0.1) is 5.41 Å². The highest BCUT2D eigenvalue weighted by atomic mass is 15.2. The van der Waals surface area contributed by atoms with Crippen LogP contribution < -0.4 is 10.2 Å². The van der Waals surface area contributed by atoms with E-state index in [2.05, 4.69) is 41.4 Å². The third-order valence-electron chi connectivity index (χ3n) is 4.66. The van der Waals surface area contributed by atoms with E-state index in [1.807, 2.05) is 7.05 Å². The van der Waals surface area contributed by atoms with Crippen LogP contribution in [0.2, 0.25) is 0 Å². The molecule has 2 nitrogen and oxygen atoms in total. The minimum absolute atomic E-state index is 0.443. The molecular weight excluding hydrogens is 208 g/mol. The fraction of sp³-hybridized carbons (Fsp3) is 0.600. The Morgan fingerprint density at radius 3 is 2.29 bits per heavy atom. The predicted octanol–water partition coefficient (Wildman–Crippen LogP) is 2.96. The minimum atomic E-state index is 0.443. The lowest BCUT2D eigenvalue weighted by Gasteiger charge is -2.57. The summed E-state index contributed by atoms with van der Waals surface area (Å²) in [5.41, 5.74) is 3.49. The van der Waals surface area contributed by atoms with Gasteiger partial charge in [-0.3, -0.25) is 0 Å². The van der Waals surface area contributed by atoms with Crippen LogP contribution in [0.15, 0.2) is 24.3 Å². The highest BCUT2D eigenvalue weighted by Gasteiger charge is 2.47. The second kappa shape index (κ2) is 4.02. The number of nitrogens with one attached hydrogen (secondary N) is 1. The maximum absolute atomic E-state index is 3.28. The molecule has 0 radical (unpaired) electrons. The van der Waals surface area contributed by atoms with Crippen molar-refractivity contribution in [3.63, 3.8) is 0 Å². The molecule has 1 heterocycles. The van der Waals surface area contributed by atoms with Gasteiger partial charge in [-0.2, -0.15) is 0 Å². The molecule has 17 heavy (non-hydrogen) atoms. The molecule has 2 aliphatic rings. The van der Waals surface area contributed by atoms with Crippen LogP contribution in [0.3, 0.4) is 0 Å². The maximum Gasteiger partial charge on any atom is 0.0366 e. The molecule has 1 unspecified atom stereocenters. The van der Waals surface area contributed by atoms with Crippen molar-refractivity contribution in [1.82, 2.24) is 5.32 Å². The zero-order valence-corrected chi connectivity index (χ0v) is 10.9. The van der Waals surface area contributed by atoms with Crippen LogP contribution in [0.25, 0.3) is 0 Å². The first-order valence-electron chi connectivity index (χ1n) is 6.75. The quantitative estimate of drug-likeness (QED) is 0.859. The van der Waals surface area contributed by atoms with Gasteiger partial charge in [-0.15, -0.1) is 0 Å². The van der Waals surface area contributed by atoms with E-state index in [9.17, 15) is 0 Å². The molecule has 92 valence electrons. The first-order valence-corrected chi connectivity index (χ1v) is 6.75. The summed E-state index contributed by atoms with van der Waals surface area (Å²) in [6, 6.07) is 9.49. The lowest BCUT2D eigenvalue weighted by Crippen LogP contribution is -2.59. The molecule has 1 N–H and O–H groups in total. The van der Waals surface area contributed by atoms with Crippen molar-refractivity contribution < 1.29 is 0 Å². The Morgan fingerprint density at radius 2 is 1.82 bits per heavy atom. The molecule has 0 bridgehead atoms. The van der Waals surface area contributed by atoms with Crippen LogP contribution in [-0.2, 0) is 0 Å². The minimum Gasteiger partial charge on any atom is -0.370 e. The molecular formula is C15H22N2. The van der Waals surface area contributed by atoms with Gasteiger partial charge >= 0.3 is 0 Å². The van der Waals surface area contributed by atoms with Crippen molar-refractivity contribution in [2.75, 3.05) is 25.0 Å². The van der Waals surface area contributed by atoms with Gasteiger partial charge in [0.15, 0.2) is 0 Å². The predicted molar refractivity (Wildman–Crippen MR) is 72.4 cm³/mol. The van der Waals surface area contributed by atoms with Crippen molar-refractivity contribution in [3.8, 4) is 0 Å². The van der Waals surface area contributed by atoms with Crippen LogP contribution >= 0.6 is 0 Å². The van der Waals surface area contributed by atoms with Crippen molar-refractivity contribution in [1.29, 1.82) is 0 Å². The SMILES string of the molecule is CNC(C)c1ccc(N2CC3(CCC3)C2)cc1. The van der Waals surface area contributed by atoms with Gasteiger partial charge in [0.1, 0.15) is 0 Å². The van der Waals surface area contributed by atoms with Gasteiger partial charge in [0.25, 0.3) is 0 Å². The summed E-state index contributed by atoms with van der Waals surface area (Å²) in [4.78, 5) is 2.52. The summed E-state index contributed by atoms with van der Waals surface area (Å²) in [7, 11) is 2.01. The summed E-state index contributed by atoms with van der Waals surface area (Å²) in [6.07, 6.45) is 4.36. The molecule has 2 heteroatoms. The molecule has 1 spiro atoms. The molecule has 0 aromatic heterocycles. The lowest BCUT2D eigenvalue weighted by molar-refractivity contribution is 0.0904. The number of rotatable bonds is 3. The van der Waals surface area contributed by atoms with E-state index in [1.165, 1.54) is 43.6 Å². The fourth-order valence-electron chi connectivity index (χ4n) is 3.08. The molecule has 1 aromatic carbocycles. The zero-order valence-electron chi connectivity index (χ0n) is 10.9. The standard InChI is InChI=1S/C15H22N2/c1-12(16-2)13-4-6-14(7-5-13)17-10-15(11-17)8-3-9-15/h4-7,12,16H,3,8-11H2,1-2H3. The van der Waals surface area contributed by atoms with E-state index in [0.717, 1.165) is 5.41 Å². The molecule has 0 amide bonds. The highest BCUT2D eigenvalue weighted by molar-refractivity contribution is 5.51. The summed E-state index contributed by atoms with van der Waals surface area (Å²) >= 11 is 0. The van der Waals surface area contributed by atoms with Gasteiger partial charge in [0, 0.05) is 30.2 Å². The maximum atomic E-state index is 3.28. The van der Waals surface area contributed by atoms with E-state index in [-0.39, 0.29) is 0 Å². The van der Waals surface area contributed by atoms with Crippen LogP contribution in [-0.4, -0.2) is 20.1 Å². The van der Waals surface area contributed by atoms with Gasteiger partial charge in [-0.1, -0.05) is 18.6 Å². The van der Waals surface area contributed by atoms with Crippen LogP contribution in [0.5, 0.6) is 0 Å². The van der Waals surface area contributed by atoms with Gasteiger partial charge in [0.05, 0.1) is 0 Å². The Balaban J connectivity index is 1.65. The van der Waals surface area contributed by atoms with Crippen LogP contribution in [0.1, 0.15) is 37.8 Å². The van der Waals surface area contributed by atoms with E-state index >= 15 is 0 Å². The average molecular weight is 230 g/mol. The first kappa shape index (κ1) is 11.1.